The van der Waals surface area contributed by atoms with E-state index in [0.717, 1.165) is 17.4 Å². The molecule has 8 nitrogen and oxygen atoms in total. The molecule has 1 aromatic heterocycles. The fraction of sp³-hybridized carbons (Fsp3) is 0.480. The fourth-order valence-electron chi connectivity index (χ4n) is 4.13. The number of nitrogens with one attached hydrogen (secondary N) is 2. The lowest BCUT2D eigenvalue weighted by molar-refractivity contribution is -0.125. The van der Waals surface area contributed by atoms with Gasteiger partial charge in [0.2, 0.25) is 5.91 Å². The molecule has 2 aromatic rings. The highest BCUT2D eigenvalue weighted by atomic mass is 35.5. The maximum absolute atomic E-state index is 13.9. The Morgan fingerprint density at radius 3 is 2.49 bits per heavy atom. The highest BCUT2D eigenvalue weighted by molar-refractivity contribution is 7.18. The number of hydrogen-bond donors (Lipinski definition) is 2. The minimum atomic E-state index is -2.96. The third-order valence-corrected chi connectivity index (χ3v) is 7.01. The van der Waals surface area contributed by atoms with Crippen molar-refractivity contribution in [2.75, 3.05) is 49.6 Å². The topological polar surface area (TPSA) is 91.0 Å². The smallest absolute Gasteiger partial charge is 0.265 e. The molecule has 2 N–H and O–H groups in total. The van der Waals surface area contributed by atoms with E-state index >= 15 is 0 Å². The molecule has 1 saturated heterocycles. The predicted molar refractivity (Wildman–Crippen MR) is 141 cm³/mol. The van der Waals surface area contributed by atoms with E-state index in [1.165, 1.54) is 34.1 Å². The zero-order valence-corrected chi connectivity index (χ0v) is 22.8. The van der Waals surface area contributed by atoms with Crippen LogP contribution in [0.2, 0.25) is 4.34 Å². The summed E-state index contributed by atoms with van der Waals surface area (Å²) < 4.78 is 60.2. The van der Waals surface area contributed by atoms with E-state index in [0.29, 0.717) is 4.34 Å². The highest BCUT2D eigenvalue weighted by Gasteiger charge is 2.31. The molecule has 39 heavy (non-hydrogen) atoms. The summed E-state index contributed by atoms with van der Waals surface area (Å²) >= 11 is 6.90. The van der Waals surface area contributed by atoms with Crippen LogP contribution >= 0.6 is 22.9 Å². The lowest BCUT2D eigenvalue weighted by Crippen LogP contribution is -2.53. The van der Waals surface area contributed by atoms with Crippen molar-refractivity contribution in [1.82, 2.24) is 10.2 Å². The molecule has 1 atom stereocenters. The first-order chi connectivity index (χ1) is 18.5. The lowest BCUT2D eigenvalue weighted by Gasteiger charge is -2.32. The summed E-state index contributed by atoms with van der Waals surface area (Å²) in [7, 11) is 0. The Bertz CT molecular complexity index is 1160. The average Bonchev–Trinajstić information content (AvgIpc) is 3.30. The number of carbonyl (C=O) groups excluding carboxylic acids is 3. The summed E-state index contributed by atoms with van der Waals surface area (Å²) in [5, 5.41) is 5.10. The van der Waals surface area contributed by atoms with Gasteiger partial charge < -0.3 is 20.3 Å². The van der Waals surface area contributed by atoms with Gasteiger partial charge in [0.05, 0.1) is 28.1 Å². The molecule has 214 valence electrons. The number of morpholine rings is 1. The quantitative estimate of drug-likeness (QED) is 0.350. The molecule has 1 aromatic carbocycles. The molecular weight excluding hydrogens is 564 g/mol. The molecule has 0 spiro atoms. The van der Waals surface area contributed by atoms with E-state index < -0.39 is 48.7 Å². The minimum Gasteiger partial charge on any atom is -0.370 e. The summed E-state index contributed by atoms with van der Waals surface area (Å²) in [6.45, 7) is 2.69. The van der Waals surface area contributed by atoms with Gasteiger partial charge in [0.1, 0.15) is 12.6 Å². The van der Waals surface area contributed by atoms with Gasteiger partial charge in [0.25, 0.3) is 24.7 Å². The number of carbonyl (C=O) groups is 3. The van der Waals surface area contributed by atoms with Crippen LogP contribution in [0.4, 0.5) is 28.9 Å². The van der Waals surface area contributed by atoms with E-state index in [2.05, 4.69) is 10.6 Å². The van der Waals surface area contributed by atoms with Crippen LogP contribution in [0.5, 0.6) is 0 Å². The monoisotopic (exact) mass is 592 g/mol. The van der Waals surface area contributed by atoms with E-state index in [4.69, 9.17) is 16.3 Å². The molecule has 1 aliphatic rings. The molecule has 0 saturated carbocycles. The Kier molecular flexibility index (Phi) is 11.1. The van der Waals surface area contributed by atoms with Gasteiger partial charge in [-0.05, 0) is 36.2 Å². The van der Waals surface area contributed by atoms with Crippen molar-refractivity contribution in [1.29, 1.82) is 0 Å². The summed E-state index contributed by atoms with van der Waals surface area (Å²) in [6, 6.07) is 5.48. The van der Waals surface area contributed by atoms with Gasteiger partial charge in [-0.3, -0.25) is 19.3 Å². The normalized spacial score (nSPS) is 14.9. The van der Waals surface area contributed by atoms with Crippen molar-refractivity contribution in [2.24, 2.45) is 5.92 Å². The number of rotatable bonds is 12. The molecule has 0 aliphatic carbocycles. The predicted octanol–water partition coefficient (Wildman–Crippen LogP) is 4.66. The van der Waals surface area contributed by atoms with Gasteiger partial charge in [0, 0.05) is 30.9 Å². The SMILES string of the molecule is CC(C)CN(CC(F)F)[C@H](CNC(=O)c1ccc(Cl)s1)C(=O)Nc1ccc(N2CCOCC2=O)c(C(F)F)c1. The Balaban J connectivity index is 1.85. The first-order valence-electron chi connectivity index (χ1n) is 12.1. The van der Waals surface area contributed by atoms with Gasteiger partial charge in [-0.25, -0.2) is 17.6 Å². The van der Waals surface area contributed by atoms with Crippen LogP contribution in [-0.2, 0) is 14.3 Å². The summed E-state index contributed by atoms with van der Waals surface area (Å²) in [5.74, 6) is -1.87. The molecule has 2 heterocycles. The van der Waals surface area contributed by atoms with Crippen LogP contribution in [0.15, 0.2) is 30.3 Å². The van der Waals surface area contributed by atoms with E-state index in [1.807, 2.05) is 0 Å². The molecular formula is C25H29ClF4N4O4S. The third-order valence-electron chi connectivity index (χ3n) is 5.78. The Hall–Kier alpha value is -2.74. The summed E-state index contributed by atoms with van der Waals surface area (Å²) in [6.07, 6.45) is -5.72. The van der Waals surface area contributed by atoms with Crippen LogP contribution in [0.25, 0.3) is 0 Å². The number of halogens is 5. The molecule has 0 bridgehead atoms. The van der Waals surface area contributed by atoms with Gasteiger partial charge in [0.15, 0.2) is 0 Å². The number of anilines is 2. The van der Waals surface area contributed by atoms with Crippen LogP contribution in [0.3, 0.4) is 0 Å². The van der Waals surface area contributed by atoms with Crippen molar-refractivity contribution in [3.05, 3.63) is 45.1 Å². The second-order valence-electron chi connectivity index (χ2n) is 9.23. The Morgan fingerprint density at radius 1 is 1.15 bits per heavy atom. The average molecular weight is 593 g/mol. The van der Waals surface area contributed by atoms with Crippen LogP contribution in [0.1, 0.15) is 35.5 Å². The highest BCUT2D eigenvalue weighted by Crippen LogP contribution is 2.33. The number of alkyl halides is 4. The summed E-state index contributed by atoms with van der Waals surface area (Å²) in [4.78, 5) is 40.8. The second kappa shape index (κ2) is 14.1. The molecule has 14 heteroatoms. The Labute approximate surface area is 232 Å². The van der Waals surface area contributed by atoms with Crippen molar-refractivity contribution in [3.63, 3.8) is 0 Å². The number of benzene rings is 1. The first-order valence-corrected chi connectivity index (χ1v) is 13.3. The standard InChI is InChI=1S/C25H29ClF4N4O4S/c1-14(2)11-33(12-21(27)28)18(10-31-25(37)19-5-6-20(26)39-19)24(36)32-15-3-4-17(16(9-15)23(29)30)34-7-8-38-13-22(34)35/h3-6,9,14,18,21,23H,7-8,10-13H2,1-2H3,(H,31,37)(H,32,36)/t18-/m1/s1. The van der Waals surface area contributed by atoms with Crippen LogP contribution in [0, 0.1) is 5.92 Å². The zero-order valence-electron chi connectivity index (χ0n) is 21.3. The number of amides is 3. The van der Waals surface area contributed by atoms with Crippen molar-refractivity contribution >= 4 is 52.0 Å². The first kappa shape index (κ1) is 30.8. The van der Waals surface area contributed by atoms with Gasteiger partial charge in [-0.1, -0.05) is 25.4 Å². The molecule has 0 radical (unpaired) electrons. The molecule has 3 rings (SSSR count). The number of thiophene rings is 1. The van der Waals surface area contributed by atoms with E-state index in [9.17, 15) is 31.9 Å². The maximum atomic E-state index is 13.9. The zero-order chi connectivity index (χ0) is 28.7. The molecule has 1 fully saturated rings. The lowest BCUT2D eigenvalue weighted by atomic mass is 10.1. The molecule has 0 unspecified atom stereocenters. The largest absolute Gasteiger partial charge is 0.370 e. The van der Waals surface area contributed by atoms with Crippen molar-refractivity contribution in [2.45, 2.75) is 32.7 Å². The number of ether oxygens (including phenoxy) is 1. The maximum Gasteiger partial charge on any atom is 0.265 e. The van der Waals surface area contributed by atoms with Gasteiger partial charge in [-0.15, -0.1) is 11.3 Å². The van der Waals surface area contributed by atoms with Gasteiger partial charge >= 0.3 is 0 Å². The third kappa shape index (κ3) is 8.62. The summed E-state index contributed by atoms with van der Waals surface area (Å²) in [5.41, 5.74) is -0.495. The van der Waals surface area contributed by atoms with Gasteiger partial charge in [-0.2, -0.15) is 0 Å². The number of hydrogen-bond acceptors (Lipinski definition) is 6. The van der Waals surface area contributed by atoms with Crippen LogP contribution < -0.4 is 15.5 Å². The molecule has 3 amide bonds. The second-order valence-corrected chi connectivity index (χ2v) is 10.9. The van der Waals surface area contributed by atoms with Crippen molar-refractivity contribution in [3.8, 4) is 0 Å². The van der Waals surface area contributed by atoms with Crippen molar-refractivity contribution < 1.29 is 36.7 Å². The van der Waals surface area contributed by atoms with E-state index in [1.54, 1.807) is 13.8 Å². The number of nitrogens with zero attached hydrogens (tertiary/aromatic N) is 2. The Morgan fingerprint density at radius 2 is 1.90 bits per heavy atom. The molecule has 1 aliphatic heterocycles. The minimum absolute atomic E-state index is 0.00569. The van der Waals surface area contributed by atoms with E-state index in [-0.39, 0.29) is 55.0 Å². The van der Waals surface area contributed by atoms with Crippen LogP contribution in [-0.4, -0.2) is 74.5 Å². The fourth-order valence-corrected chi connectivity index (χ4v) is 5.09.